The van der Waals surface area contributed by atoms with Crippen LogP contribution in [0.1, 0.15) is 33.3 Å². The second kappa shape index (κ2) is 6.83. The van der Waals surface area contributed by atoms with Gasteiger partial charge in [-0.25, -0.2) is 0 Å². The van der Waals surface area contributed by atoms with Gasteiger partial charge in [-0.1, -0.05) is 12.1 Å². The standard InChI is InChI=1S/C17H17N3O2/c1-20(2)17(22)14-7-8-15(19-11-14)16(21)9-12-3-5-13(10-18)6-4-12/h3-8,11,16,21H,9H2,1-2H3. The molecule has 0 spiro atoms. The van der Waals surface area contributed by atoms with Crippen molar-refractivity contribution >= 4 is 5.91 Å². The molecule has 0 bridgehead atoms. The molecular formula is C17H17N3O2. The van der Waals surface area contributed by atoms with Gasteiger partial charge >= 0.3 is 0 Å². The topological polar surface area (TPSA) is 77.2 Å². The smallest absolute Gasteiger partial charge is 0.254 e. The molecule has 0 aliphatic carbocycles. The van der Waals surface area contributed by atoms with Crippen molar-refractivity contribution in [2.75, 3.05) is 14.1 Å². The first kappa shape index (κ1) is 15.7. The SMILES string of the molecule is CN(C)C(=O)c1ccc(C(O)Cc2ccc(C#N)cc2)nc1. The summed E-state index contributed by atoms with van der Waals surface area (Å²) in [4.78, 5) is 17.4. The van der Waals surface area contributed by atoms with Crippen LogP contribution in [0.5, 0.6) is 0 Å². The van der Waals surface area contributed by atoms with Crippen molar-refractivity contribution in [3.8, 4) is 6.07 Å². The van der Waals surface area contributed by atoms with Crippen molar-refractivity contribution in [1.29, 1.82) is 5.26 Å². The number of amides is 1. The lowest BCUT2D eigenvalue weighted by molar-refractivity contribution is 0.0826. The number of hydrogen-bond acceptors (Lipinski definition) is 4. The van der Waals surface area contributed by atoms with Crippen LogP contribution in [0.2, 0.25) is 0 Å². The summed E-state index contributed by atoms with van der Waals surface area (Å²) in [7, 11) is 3.35. The molecule has 0 aliphatic heterocycles. The fourth-order valence-electron chi connectivity index (χ4n) is 2.03. The highest BCUT2D eigenvalue weighted by Crippen LogP contribution is 2.17. The molecule has 0 radical (unpaired) electrons. The molecule has 1 amide bonds. The zero-order chi connectivity index (χ0) is 16.1. The molecule has 2 aromatic rings. The minimum Gasteiger partial charge on any atom is -0.386 e. The zero-order valence-electron chi connectivity index (χ0n) is 12.5. The number of pyridine rings is 1. The number of nitrogens with zero attached hydrogens (tertiary/aromatic N) is 3. The van der Waals surface area contributed by atoms with Gasteiger partial charge in [-0.3, -0.25) is 9.78 Å². The number of carbonyl (C=O) groups is 1. The molecule has 0 saturated heterocycles. The first-order chi connectivity index (χ1) is 10.5. The Morgan fingerprint density at radius 3 is 2.45 bits per heavy atom. The third-order valence-corrected chi connectivity index (χ3v) is 3.29. The fraction of sp³-hybridized carbons (Fsp3) is 0.235. The van der Waals surface area contributed by atoms with E-state index in [9.17, 15) is 9.90 Å². The summed E-state index contributed by atoms with van der Waals surface area (Å²) >= 11 is 0. The van der Waals surface area contributed by atoms with Crippen LogP contribution in [0.3, 0.4) is 0 Å². The quantitative estimate of drug-likeness (QED) is 0.935. The zero-order valence-corrected chi connectivity index (χ0v) is 12.5. The Morgan fingerprint density at radius 1 is 1.27 bits per heavy atom. The highest BCUT2D eigenvalue weighted by molar-refractivity contribution is 5.93. The maximum absolute atomic E-state index is 11.8. The molecule has 22 heavy (non-hydrogen) atoms. The molecule has 0 saturated carbocycles. The Balaban J connectivity index is 2.07. The molecule has 1 aromatic carbocycles. The van der Waals surface area contributed by atoms with Crippen LogP contribution in [-0.2, 0) is 6.42 Å². The summed E-state index contributed by atoms with van der Waals surface area (Å²) < 4.78 is 0. The normalized spacial score (nSPS) is 11.5. The molecule has 1 aromatic heterocycles. The lowest BCUT2D eigenvalue weighted by Crippen LogP contribution is -2.21. The van der Waals surface area contributed by atoms with Crippen LogP contribution < -0.4 is 0 Å². The lowest BCUT2D eigenvalue weighted by Gasteiger charge is -2.12. The first-order valence-electron chi connectivity index (χ1n) is 6.86. The first-order valence-corrected chi connectivity index (χ1v) is 6.86. The molecular weight excluding hydrogens is 278 g/mol. The van der Waals surface area contributed by atoms with Crippen LogP contribution in [0.15, 0.2) is 42.6 Å². The number of aliphatic hydroxyl groups is 1. The maximum Gasteiger partial charge on any atom is 0.254 e. The van der Waals surface area contributed by atoms with Gasteiger partial charge in [-0.05, 0) is 29.8 Å². The Morgan fingerprint density at radius 2 is 1.95 bits per heavy atom. The number of rotatable bonds is 4. The molecule has 1 unspecified atom stereocenters. The molecule has 5 heteroatoms. The van der Waals surface area contributed by atoms with Crippen LogP contribution in [-0.4, -0.2) is 35.0 Å². The Kier molecular flexibility index (Phi) is 4.87. The lowest BCUT2D eigenvalue weighted by atomic mass is 10.0. The minimum atomic E-state index is -0.753. The van der Waals surface area contributed by atoms with Gasteiger partial charge in [0.2, 0.25) is 0 Å². The van der Waals surface area contributed by atoms with E-state index in [2.05, 4.69) is 11.1 Å². The van der Waals surface area contributed by atoms with E-state index in [1.807, 2.05) is 12.1 Å². The largest absolute Gasteiger partial charge is 0.386 e. The predicted molar refractivity (Wildman–Crippen MR) is 82.1 cm³/mol. The van der Waals surface area contributed by atoms with Crippen molar-refractivity contribution < 1.29 is 9.90 Å². The van der Waals surface area contributed by atoms with Gasteiger partial charge in [0.1, 0.15) is 0 Å². The number of benzene rings is 1. The monoisotopic (exact) mass is 295 g/mol. The van der Waals surface area contributed by atoms with Crippen LogP contribution in [0.4, 0.5) is 0 Å². The molecule has 112 valence electrons. The van der Waals surface area contributed by atoms with Crippen LogP contribution in [0, 0.1) is 11.3 Å². The second-order valence-electron chi connectivity index (χ2n) is 5.20. The molecule has 1 heterocycles. The summed E-state index contributed by atoms with van der Waals surface area (Å²) in [5.41, 5.74) is 2.50. The highest BCUT2D eigenvalue weighted by atomic mass is 16.3. The van der Waals surface area contributed by atoms with Gasteiger partial charge in [-0.2, -0.15) is 5.26 Å². The van der Waals surface area contributed by atoms with E-state index in [4.69, 9.17) is 5.26 Å². The Bertz CT molecular complexity index is 685. The number of carbonyl (C=O) groups excluding carboxylic acids is 1. The molecule has 1 atom stereocenters. The van der Waals surface area contributed by atoms with E-state index in [-0.39, 0.29) is 5.91 Å². The summed E-state index contributed by atoms with van der Waals surface area (Å²) in [6, 6.07) is 12.4. The Hall–Kier alpha value is -2.71. The summed E-state index contributed by atoms with van der Waals surface area (Å²) in [6.45, 7) is 0. The highest BCUT2D eigenvalue weighted by Gasteiger charge is 2.13. The van der Waals surface area contributed by atoms with Crippen LogP contribution >= 0.6 is 0 Å². The van der Waals surface area contributed by atoms with E-state index >= 15 is 0 Å². The van der Waals surface area contributed by atoms with E-state index in [0.29, 0.717) is 23.2 Å². The van der Waals surface area contributed by atoms with Gasteiger partial charge in [0.25, 0.3) is 5.91 Å². The molecule has 2 rings (SSSR count). The number of aromatic nitrogens is 1. The average Bonchev–Trinajstić information content (AvgIpc) is 2.55. The summed E-state index contributed by atoms with van der Waals surface area (Å²) in [5, 5.41) is 19.0. The van der Waals surface area contributed by atoms with Crippen molar-refractivity contribution in [2.24, 2.45) is 0 Å². The van der Waals surface area contributed by atoms with E-state index < -0.39 is 6.10 Å². The van der Waals surface area contributed by atoms with Crippen molar-refractivity contribution in [3.05, 3.63) is 65.0 Å². The second-order valence-corrected chi connectivity index (χ2v) is 5.20. The summed E-state index contributed by atoms with van der Waals surface area (Å²) in [5.74, 6) is -0.124. The minimum absolute atomic E-state index is 0.124. The van der Waals surface area contributed by atoms with Crippen molar-refractivity contribution in [3.63, 3.8) is 0 Å². The molecule has 1 N–H and O–H groups in total. The van der Waals surface area contributed by atoms with Gasteiger partial charge in [0, 0.05) is 26.7 Å². The van der Waals surface area contributed by atoms with Crippen molar-refractivity contribution in [2.45, 2.75) is 12.5 Å². The van der Waals surface area contributed by atoms with Gasteiger partial charge in [0.05, 0.1) is 29.0 Å². The average molecular weight is 295 g/mol. The summed E-state index contributed by atoms with van der Waals surface area (Å²) in [6.07, 6.45) is 1.12. The van der Waals surface area contributed by atoms with E-state index in [1.165, 1.54) is 11.1 Å². The molecule has 0 fully saturated rings. The van der Waals surface area contributed by atoms with E-state index in [0.717, 1.165) is 5.56 Å². The van der Waals surface area contributed by atoms with Gasteiger partial charge < -0.3 is 10.0 Å². The predicted octanol–water partition coefficient (Wildman–Crippen LogP) is 1.93. The third kappa shape index (κ3) is 3.68. The fourth-order valence-corrected chi connectivity index (χ4v) is 2.03. The maximum atomic E-state index is 11.8. The third-order valence-electron chi connectivity index (χ3n) is 3.29. The Labute approximate surface area is 129 Å². The number of hydrogen-bond donors (Lipinski definition) is 1. The molecule has 0 aliphatic rings. The van der Waals surface area contributed by atoms with Gasteiger partial charge in [0.15, 0.2) is 0 Å². The van der Waals surface area contributed by atoms with Crippen molar-refractivity contribution in [1.82, 2.24) is 9.88 Å². The van der Waals surface area contributed by atoms with Crippen LogP contribution in [0.25, 0.3) is 0 Å². The number of nitriles is 1. The molecule has 5 nitrogen and oxygen atoms in total. The van der Waals surface area contributed by atoms with Gasteiger partial charge in [-0.15, -0.1) is 0 Å². The van der Waals surface area contributed by atoms with E-state index in [1.54, 1.807) is 38.4 Å². The number of aliphatic hydroxyl groups excluding tert-OH is 1.